The number of morpholine rings is 1. The first-order valence-electron chi connectivity index (χ1n) is 7.38. The molecule has 1 aromatic heterocycles. The molecule has 2 amide bonds. The van der Waals surface area contributed by atoms with Crippen molar-refractivity contribution in [2.75, 3.05) is 31.2 Å². The Kier molecular flexibility index (Phi) is 5.61. The number of thiazole rings is 1. The lowest BCUT2D eigenvalue weighted by molar-refractivity contribution is 0.0842. The van der Waals surface area contributed by atoms with Gasteiger partial charge in [-0.1, -0.05) is 15.9 Å². The maximum absolute atomic E-state index is 13.7. The minimum absolute atomic E-state index is 0.171. The lowest BCUT2D eigenvalue weighted by atomic mass is 10.2. The van der Waals surface area contributed by atoms with E-state index in [0.29, 0.717) is 30.8 Å². The summed E-state index contributed by atoms with van der Waals surface area (Å²) in [5, 5.41) is 2.32. The lowest BCUT2D eigenvalue weighted by Gasteiger charge is -2.25. The largest absolute Gasteiger partial charge is 0.378 e. The summed E-state index contributed by atoms with van der Waals surface area (Å²) in [6.07, 6.45) is 0. The molecule has 1 aliphatic heterocycles. The van der Waals surface area contributed by atoms with Gasteiger partial charge in [0.15, 0.2) is 5.13 Å². The van der Waals surface area contributed by atoms with Gasteiger partial charge in [0.1, 0.15) is 11.5 Å². The molecular formula is C15H14BrFN4O3S. The van der Waals surface area contributed by atoms with Gasteiger partial charge in [-0.15, -0.1) is 11.3 Å². The van der Waals surface area contributed by atoms with Gasteiger partial charge in [0.05, 0.1) is 18.8 Å². The van der Waals surface area contributed by atoms with E-state index in [9.17, 15) is 14.0 Å². The number of hydrogen-bond acceptors (Lipinski definition) is 6. The molecule has 2 heterocycles. The zero-order chi connectivity index (χ0) is 17.8. The molecule has 3 rings (SSSR count). The summed E-state index contributed by atoms with van der Waals surface area (Å²) in [5.41, 5.74) is 4.44. The van der Waals surface area contributed by atoms with Crippen LogP contribution in [0.1, 0.15) is 20.8 Å². The Morgan fingerprint density at radius 1 is 1.24 bits per heavy atom. The van der Waals surface area contributed by atoms with E-state index in [0.717, 1.165) is 5.13 Å². The monoisotopic (exact) mass is 428 g/mol. The average Bonchev–Trinajstić information content (AvgIpc) is 3.10. The van der Waals surface area contributed by atoms with Crippen LogP contribution in [0.5, 0.6) is 0 Å². The van der Waals surface area contributed by atoms with Crippen LogP contribution in [-0.4, -0.2) is 43.1 Å². The number of hydrazine groups is 1. The van der Waals surface area contributed by atoms with Crippen LogP contribution in [0.15, 0.2) is 28.1 Å². The van der Waals surface area contributed by atoms with E-state index < -0.39 is 17.6 Å². The highest BCUT2D eigenvalue weighted by Crippen LogP contribution is 2.21. The van der Waals surface area contributed by atoms with Crippen molar-refractivity contribution in [2.24, 2.45) is 0 Å². The van der Waals surface area contributed by atoms with Crippen molar-refractivity contribution in [3.8, 4) is 0 Å². The Balaban J connectivity index is 1.59. The lowest BCUT2D eigenvalue weighted by Crippen LogP contribution is -2.42. The Bertz CT molecular complexity index is 795. The quantitative estimate of drug-likeness (QED) is 0.729. The number of amides is 2. The number of nitrogens with one attached hydrogen (secondary N) is 2. The number of nitrogens with zero attached hydrogens (tertiary/aromatic N) is 2. The third-order valence-electron chi connectivity index (χ3n) is 3.47. The van der Waals surface area contributed by atoms with Crippen molar-refractivity contribution in [1.29, 1.82) is 0 Å². The molecule has 0 spiro atoms. The van der Waals surface area contributed by atoms with Gasteiger partial charge in [-0.3, -0.25) is 20.4 Å². The van der Waals surface area contributed by atoms with Crippen LogP contribution in [-0.2, 0) is 4.74 Å². The molecule has 25 heavy (non-hydrogen) atoms. The summed E-state index contributed by atoms with van der Waals surface area (Å²) in [6, 6.07) is 4.03. The standard InChI is InChI=1S/C15H14BrFN4O3S/c16-9-1-2-10(11(17)7-9)13(22)19-20-14(23)12-8-25-15(18-12)21-3-5-24-6-4-21/h1-2,7-8H,3-6H2,(H,19,22)(H,20,23). The van der Waals surface area contributed by atoms with Gasteiger partial charge in [0, 0.05) is 22.9 Å². The molecule has 1 saturated heterocycles. The molecular weight excluding hydrogens is 415 g/mol. The van der Waals surface area contributed by atoms with Crippen molar-refractivity contribution in [3.63, 3.8) is 0 Å². The summed E-state index contributed by atoms with van der Waals surface area (Å²) in [4.78, 5) is 30.3. The zero-order valence-corrected chi connectivity index (χ0v) is 15.3. The SMILES string of the molecule is O=C(NNC(=O)c1ccc(Br)cc1F)c1csc(N2CCOCC2)n1. The molecule has 2 aromatic rings. The molecule has 0 bridgehead atoms. The molecule has 1 aromatic carbocycles. The molecule has 0 unspecified atom stereocenters. The normalized spacial score (nSPS) is 14.2. The van der Waals surface area contributed by atoms with Crippen LogP contribution in [0, 0.1) is 5.82 Å². The fourth-order valence-corrected chi connectivity index (χ4v) is 3.38. The number of benzene rings is 1. The number of ether oxygens (including phenoxy) is 1. The fraction of sp³-hybridized carbons (Fsp3) is 0.267. The van der Waals surface area contributed by atoms with E-state index in [4.69, 9.17) is 4.74 Å². The molecule has 0 radical (unpaired) electrons. The number of anilines is 1. The van der Waals surface area contributed by atoms with Gasteiger partial charge in [-0.2, -0.15) is 0 Å². The summed E-state index contributed by atoms with van der Waals surface area (Å²) in [5.74, 6) is -2.01. The zero-order valence-electron chi connectivity index (χ0n) is 12.9. The molecule has 2 N–H and O–H groups in total. The van der Waals surface area contributed by atoms with Crippen LogP contribution in [0.2, 0.25) is 0 Å². The van der Waals surface area contributed by atoms with Crippen molar-refractivity contribution >= 4 is 44.2 Å². The van der Waals surface area contributed by atoms with Crippen molar-refractivity contribution in [3.05, 3.63) is 45.1 Å². The van der Waals surface area contributed by atoms with E-state index in [1.165, 1.54) is 29.5 Å². The number of carbonyl (C=O) groups is 2. The van der Waals surface area contributed by atoms with Crippen molar-refractivity contribution < 1.29 is 18.7 Å². The summed E-state index contributed by atoms with van der Waals surface area (Å²) in [7, 11) is 0. The minimum Gasteiger partial charge on any atom is -0.378 e. The van der Waals surface area contributed by atoms with Crippen LogP contribution in [0.3, 0.4) is 0 Å². The van der Waals surface area contributed by atoms with Crippen LogP contribution in [0.25, 0.3) is 0 Å². The van der Waals surface area contributed by atoms with Gasteiger partial charge in [0.25, 0.3) is 11.8 Å². The Labute approximate surface area is 155 Å². The highest BCUT2D eigenvalue weighted by molar-refractivity contribution is 9.10. The molecule has 0 atom stereocenters. The summed E-state index contributed by atoms with van der Waals surface area (Å²) >= 11 is 4.45. The molecule has 1 fully saturated rings. The number of hydrogen-bond donors (Lipinski definition) is 2. The second kappa shape index (κ2) is 7.89. The Morgan fingerprint density at radius 2 is 1.96 bits per heavy atom. The first-order chi connectivity index (χ1) is 12.0. The van der Waals surface area contributed by atoms with E-state index in [2.05, 4.69) is 31.8 Å². The van der Waals surface area contributed by atoms with Gasteiger partial charge in [-0.05, 0) is 18.2 Å². The number of rotatable bonds is 3. The first kappa shape index (κ1) is 17.8. The molecule has 132 valence electrons. The van der Waals surface area contributed by atoms with E-state index >= 15 is 0 Å². The number of carbonyl (C=O) groups excluding carboxylic acids is 2. The first-order valence-corrected chi connectivity index (χ1v) is 9.06. The average molecular weight is 429 g/mol. The summed E-state index contributed by atoms with van der Waals surface area (Å²) < 4.78 is 19.5. The third-order valence-corrected chi connectivity index (χ3v) is 4.87. The molecule has 1 aliphatic rings. The predicted octanol–water partition coefficient (Wildman–Crippen LogP) is 1.96. The van der Waals surface area contributed by atoms with Gasteiger partial charge in [0.2, 0.25) is 0 Å². The smallest absolute Gasteiger partial charge is 0.289 e. The van der Waals surface area contributed by atoms with Crippen LogP contribution >= 0.6 is 27.3 Å². The van der Waals surface area contributed by atoms with Crippen molar-refractivity contribution in [2.45, 2.75) is 0 Å². The number of halogens is 2. The second-order valence-electron chi connectivity index (χ2n) is 5.15. The molecule has 0 aliphatic carbocycles. The van der Waals surface area contributed by atoms with Gasteiger partial charge >= 0.3 is 0 Å². The van der Waals surface area contributed by atoms with Crippen LogP contribution < -0.4 is 15.8 Å². The Hall–Kier alpha value is -2.04. The van der Waals surface area contributed by atoms with Crippen molar-refractivity contribution in [1.82, 2.24) is 15.8 Å². The highest BCUT2D eigenvalue weighted by Gasteiger charge is 2.18. The maximum Gasteiger partial charge on any atom is 0.289 e. The molecule has 10 heteroatoms. The fourth-order valence-electron chi connectivity index (χ4n) is 2.19. The van der Waals surface area contributed by atoms with Gasteiger partial charge < -0.3 is 9.64 Å². The van der Waals surface area contributed by atoms with E-state index in [1.807, 2.05) is 4.90 Å². The topological polar surface area (TPSA) is 83.6 Å². The van der Waals surface area contributed by atoms with Gasteiger partial charge in [-0.25, -0.2) is 9.37 Å². The molecule has 7 nitrogen and oxygen atoms in total. The number of aromatic nitrogens is 1. The molecule has 0 saturated carbocycles. The third kappa shape index (κ3) is 4.33. The maximum atomic E-state index is 13.7. The Morgan fingerprint density at radius 3 is 2.68 bits per heavy atom. The highest BCUT2D eigenvalue weighted by atomic mass is 79.9. The predicted molar refractivity (Wildman–Crippen MR) is 94.2 cm³/mol. The summed E-state index contributed by atoms with van der Waals surface area (Å²) in [6.45, 7) is 2.67. The minimum atomic E-state index is -0.748. The second-order valence-corrected chi connectivity index (χ2v) is 6.90. The van der Waals surface area contributed by atoms with E-state index in [-0.39, 0.29) is 11.3 Å². The van der Waals surface area contributed by atoms with E-state index in [1.54, 1.807) is 5.38 Å². The van der Waals surface area contributed by atoms with Crippen LogP contribution in [0.4, 0.5) is 9.52 Å².